The number of Topliss-reactive ketones (excluding diaryl/α,β-unsaturated/α-hetero) is 1. The maximum atomic E-state index is 13.9. The number of carbonyl (C=O) groups excluding carboxylic acids is 1. The number of para-hydroxylation sites is 1. The fourth-order valence-electron chi connectivity index (χ4n) is 6.06. The zero-order valence-corrected chi connectivity index (χ0v) is 20.4. The van der Waals surface area contributed by atoms with Crippen LogP contribution in [-0.2, 0) is 11.2 Å². The van der Waals surface area contributed by atoms with E-state index in [1.54, 1.807) is 12.1 Å². The topological polar surface area (TPSA) is 59.4 Å². The molecule has 2 fully saturated rings. The van der Waals surface area contributed by atoms with Crippen molar-refractivity contribution >= 4 is 28.8 Å². The summed E-state index contributed by atoms with van der Waals surface area (Å²) in [7, 11) is 0. The van der Waals surface area contributed by atoms with Crippen molar-refractivity contribution in [3.63, 3.8) is 0 Å². The Morgan fingerprint density at radius 2 is 1.79 bits per heavy atom. The van der Waals surface area contributed by atoms with Crippen LogP contribution >= 0.6 is 11.6 Å². The summed E-state index contributed by atoms with van der Waals surface area (Å²) < 4.78 is 0. The Morgan fingerprint density at radius 3 is 2.56 bits per heavy atom. The van der Waals surface area contributed by atoms with Gasteiger partial charge in [0.15, 0.2) is 5.78 Å². The van der Waals surface area contributed by atoms with Gasteiger partial charge in [-0.15, -0.1) is 0 Å². The summed E-state index contributed by atoms with van der Waals surface area (Å²) in [6.07, 6.45) is 7.65. The Bertz CT molecular complexity index is 1070. The number of nitriles is 1. The van der Waals surface area contributed by atoms with Gasteiger partial charge in [0, 0.05) is 48.8 Å². The average molecular weight is 477 g/mol. The van der Waals surface area contributed by atoms with Crippen molar-refractivity contribution < 1.29 is 4.79 Å². The van der Waals surface area contributed by atoms with E-state index in [1.807, 2.05) is 6.07 Å². The third-order valence-electron chi connectivity index (χ3n) is 7.89. The van der Waals surface area contributed by atoms with Crippen LogP contribution in [0.3, 0.4) is 0 Å². The second kappa shape index (κ2) is 10.4. The number of nitrogens with zero attached hydrogens (tertiary/aromatic N) is 3. The van der Waals surface area contributed by atoms with E-state index in [4.69, 9.17) is 11.6 Å². The van der Waals surface area contributed by atoms with Crippen molar-refractivity contribution in [2.24, 2.45) is 5.92 Å². The Kier molecular flexibility index (Phi) is 7.08. The van der Waals surface area contributed by atoms with Crippen molar-refractivity contribution in [1.29, 1.82) is 5.26 Å². The van der Waals surface area contributed by atoms with Gasteiger partial charge in [0.25, 0.3) is 0 Å². The highest BCUT2D eigenvalue weighted by Crippen LogP contribution is 2.33. The van der Waals surface area contributed by atoms with Crippen molar-refractivity contribution in [2.45, 2.75) is 57.0 Å². The molecule has 2 aromatic carbocycles. The van der Waals surface area contributed by atoms with Crippen LogP contribution in [0, 0.1) is 17.2 Å². The molecule has 6 heteroatoms. The van der Waals surface area contributed by atoms with E-state index < -0.39 is 0 Å². The van der Waals surface area contributed by atoms with Gasteiger partial charge in [-0.3, -0.25) is 9.69 Å². The summed E-state index contributed by atoms with van der Waals surface area (Å²) in [5.74, 6) is 0.624. The maximum Gasteiger partial charge on any atom is 0.155 e. The van der Waals surface area contributed by atoms with Crippen molar-refractivity contribution in [3.8, 4) is 6.07 Å². The quantitative estimate of drug-likeness (QED) is 0.636. The summed E-state index contributed by atoms with van der Waals surface area (Å²) in [6.45, 7) is 3.18. The highest BCUT2D eigenvalue weighted by atomic mass is 35.5. The summed E-state index contributed by atoms with van der Waals surface area (Å²) in [5, 5.41) is 14.0. The molecule has 3 aliphatic rings. The zero-order chi connectivity index (χ0) is 23.5. The van der Waals surface area contributed by atoms with Crippen LogP contribution in [0.4, 0.5) is 11.4 Å². The lowest BCUT2D eigenvalue weighted by molar-refractivity contribution is -0.130. The number of aryl methyl sites for hydroxylation is 1. The zero-order valence-electron chi connectivity index (χ0n) is 19.7. The van der Waals surface area contributed by atoms with Gasteiger partial charge in [0.1, 0.15) is 6.07 Å². The van der Waals surface area contributed by atoms with Crippen LogP contribution < -0.4 is 10.2 Å². The fourth-order valence-corrected chi connectivity index (χ4v) is 6.23. The van der Waals surface area contributed by atoms with Gasteiger partial charge in [0.2, 0.25) is 0 Å². The third kappa shape index (κ3) is 4.80. The second-order valence-electron chi connectivity index (χ2n) is 9.93. The molecule has 0 spiro atoms. The van der Waals surface area contributed by atoms with Crippen LogP contribution in [0.25, 0.3) is 0 Å². The minimum Gasteiger partial charge on any atom is -0.380 e. The summed E-state index contributed by atoms with van der Waals surface area (Å²) in [4.78, 5) is 18.6. The number of benzene rings is 2. The molecule has 0 bridgehead atoms. The number of piperazine rings is 1. The Morgan fingerprint density at radius 1 is 1.03 bits per heavy atom. The predicted molar refractivity (Wildman–Crippen MR) is 137 cm³/mol. The minimum absolute atomic E-state index is 0.103. The lowest BCUT2D eigenvalue weighted by atomic mass is 9.80. The monoisotopic (exact) mass is 476 g/mol. The number of hydrogen-bond donors (Lipinski definition) is 1. The summed E-state index contributed by atoms with van der Waals surface area (Å²) in [6, 6.07) is 16.3. The molecule has 178 valence electrons. The normalized spacial score (nSPS) is 22.4. The van der Waals surface area contributed by atoms with Crippen LogP contribution in [0.15, 0.2) is 42.5 Å². The van der Waals surface area contributed by atoms with Gasteiger partial charge in [-0.2, -0.15) is 5.26 Å². The average Bonchev–Trinajstić information content (AvgIpc) is 2.89. The van der Waals surface area contributed by atoms with E-state index in [-0.39, 0.29) is 18.0 Å². The first-order chi connectivity index (χ1) is 16.6. The molecule has 2 atom stereocenters. The number of carbonyl (C=O) groups is 1. The Hall–Kier alpha value is -2.55. The highest BCUT2D eigenvalue weighted by Gasteiger charge is 2.40. The molecule has 0 radical (unpaired) electrons. The van der Waals surface area contributed by atoms with Crippen molar-refractivity contribution in [3.05, 3.63) is 58.6 Å². The molecule has 1 aliphatic carbocycles. The fraction of sp³-hybridized carbons (Fsp3) is 0.500. The summed E-state index contributed by atoms with van der Waals surface area (Å²) >= 11 is 6.24. The second-order valence-corrected chi connectivity index (χ2v) is 10.4. The van der Waals surface area contributed by atoms with Gasteiger partial charge in [0.05, 0.1) is 17.3 Å². The van der Waals surface area contributed by atoms with Gasteiger partial charge >= 0.3 is 0 Å². The number of ketones is 1. The molecule has 0 amide bonds. The van der Waals surface area contributed by atoms with Crippen LogP contribution in [0.1, 0.15) is 49.7 Å². The van der Waals surface area contributed by atoms with E-state index in [9.17, 15) is 10.1 Å². The molecule has 5 rings (SSSR count). The molecular formula is C28H33ClN4O. The number of fused-ring (bicyclic) bond motifs is 1. The lowest BCUT2D eigenvalue weighted by Gasteiger charge is -2.45. The van der Waals surface area contributed by atoms with E-state index in [0.29, 0.717) is 16.4 Å². The van der Waals surface area contributed by atoms with Crippen LogP contribution in [0.5, 0.6) is 0 Å². The maximum absolute atomic E-state index is 13.9. The minimum atomic E-state index is -0.103. The van der Waals surface area contributed by atoms with Gasteiger partial charge in [-0.05, 0) is 55.5 Å². The SMILES string of the molecule is N#Cc1ccc(Cl)cc1N1CCN(C(C(=O)C2CCCCC2)C2CCc3ccccc3N2)CC1. The van der Waals surface area contributed by atoms with Crippen LogP contribution in [-0.4, -0.2) is 48.9 Å². The molecule has 0 aromatic heterocycles. The first-order valence-electron chi connectivity index (χ1n) is 12.7. The van der Waals surface area contributed by atoms with Gasteiger partial charge in [-0.25, -0.2) is 0 Å². The largest absolute Gasteiger partial charge is 0.380 e. The predicted octanol–water partition coefficient (Wildman–Crippen LogP) is 5.28. The third-order valence-corrected chi connectivity index (χ3v) is 8.13. The first kappa shape index (κ1) is 23.2. The highest BCUT2D eigenvalue weighted by molar-refractivity contribution is 6.30. The molecule has 34 heavy (non-hydrogen) atoms. The Balaban J connectivity index is 1.35. The van der Waals surface area contributed by atoms with Gasteiger partial charge in [-0.1, -0.05) is 49.1 Å². The molecule has 1 saturated carbocycles. The number of rotatable bonds is 5. The number of anilines is 2. The Labute approximate surface area is 207 Å². The smallest absolute Gasteiger partial charge is 0.155 e. The molecule has 1 saturated heterocycles. The van der Waals surface area contributed by atoms with E-state index in [2.05, 4.69) is 45.5 Å². The van der Waals surface area contributed by atoms with E-state index in [0.717, 1.165) is 57.5 Å². The molecule has 5 nitrogen and oxygen atoms in total. The number of hydrogen-bond acceptors (Lipinski definition) is 5. The van der Waals surface area contributed by atoms with Crippen molar-refractivity contribution in [2.75, 3.05) is 36.4 Å². The molecule has 2 heterocycles. The first-order valence-corrected chi connectivity index (χ1v) is 13.1. The molecular weight excluding hydrogens is 444 g/mol. The number of halogens is 1. The van der Waals surface area contributed by atoms with Gasteiger partial charge < -0.3 is 10.2 Å². The number of nitrogens with one attached hydrogen (secondary N) is 1. The van der Waals surface area contributed by atoms with E-state index >= 15 is 0 Å². The molecule has 2 aliphatic heterocycles. The molecule has 2 unspecified atom stereocenters. The van der Waals surface area contributed by atoms with Crippen molar-refractivity contribution in [1.82, 2.24) is 4.90 Å². The lowest BCUT2D eigenvalue weighted by Crippen LogP contribution is -2.60. The van der Waals surface area contributed by atoms with Crippen LogP contribution in [0.2, 0.25) is 5.02 Å². The van der Waals surface area contributed by atoms with E-state index in [1.165, 1.54) is 30.5 Å². The molecule has 1 N–H and O–H groups in total. The standard InChI is InChI=1S/C28H33ClN4O/c29-23-12-10-22(19-30)26(18-23)32-14-16-33(17-15-32)27(28(34)21-7-2-1-3-8-21)25-13-11-20-6-4-5-9-24(20)31-25/h4-6,9-10,12,18,21,25,27,31H,1-3,7-8,11,13-17H2. The molecule has 2 aromatic rings. The summed E-state index contributed by atoms with van der Waals surface area (Å²) in [5.41, 5.74) is 4.07.